The van der Waals surface area contributed by atoms with Gasteiger partial charge in [0, 0.05) is 29.9 Å². The van der Waals surface area contributed by atoms with Crippen molar-refractivity contribution in [1.82, 2.24) is 35.0 Å². The van der Waals surface area contributed by atoms with Crippen molar-refractivity contribution >= 4 is 5.91 Å². The van der Waals surface area contributed by atoms with Gasteiger partial charge in [-0.3, -0.25) is 19.7 Å². The Kier molecular flexibility index (Phi) is 6.53. The van der Waals surface area contributed by atoms with Crippen molar-refractivity contribution in [3.8, 4) is 16.9 Å². The van der Waals surface area contributed by atoms with Crippen LogP contribution in [0.1, 0.15) is 47.0 Å². The molecule has 0 aliphatic rings. The molecule has 0 fully saturated rings. The van der Waals surface area contributed by atoms with Crippen molar-refractivity contribution in [3.05, 3.63) is 83.6 Å². The lowest BCUT2D eigenvalue weighted by Gasteiger charge is -2.13. The smallest absolute Gasteiger partial charge is 0.251 e. The van der Waals surface area contributed by atoms with E-state index < -0.39 is 0 Å². The first-order valence-corrected chi connectivity index (χ1v) is 10.9. The largest absolute Gasteiger partial charge is 0.346 e. The minimum absolute atomic E-state index is 0.210. The molecule has 1 N–H and O–H groups in total. The van der Waals surface area contributed by atoms with Gasteiger partial charge in [-0.05, 0) is 49.6 Å². The molecule has 0 atom stereocenters. The standard InChI is InChI=1S/C25H27N7O/c1-16(2)7-24-30-15-31-32(24)22-9-19(23-6-5-17(3)11-28-23)8-20(10-22)25(33)29-14-21-13-26-18(4)12-27-21/h5-6,8-13,15-16H,7,14H2,1-4H3,(H,29,33). The average molecular weight is 442 g/mol. The summed E-state index contributed by atoms with van der Waals surface area (Å²) in [6.45, 7) is 8.43. The number of benzene rings is 1. The van der Waals surface area contributed by atoms with Gasteiger partial charge in [0.2, 0.25) is 0 Å². The van der Waals surface area contributed by atoms with E-state index in [1.165, 1.54) is 0 Å². The lowest BCUT2D eigenvalue weighted by molar-refractivity contribution is 0.0950. The van der Waals surface area contributed by atoms with Crippen LogP contribution in [0.15, 0.2) is 55.2 Å². The second-order valence-electron chi connectivity index (χ2n) is 8.51. The lowest BCUT2D eigenvalue weighted by atomic mass is 10.0. The number of carbonyl (C=O) groups is 1. The molecule has 0 aliphatic heterocycles. The van der Waals surface area contributed by atoms with Gasteiger partial charge in [-0.15, -0.1) is 0 Å². The van der Waals surface area contributed by atoms with E-state index in [0.29, 0.717) is 17.2 Å². The van der Waals surface area contributed by atoms with E-state index in [-0.39, 0.29) is 12.5 Å². The van der Waals surface area contributed by atoms with Gasteiger partial charge < -0.3 is 5.32 Å². The molecule has 1 amide bonds. The minimum Gasteiger partial charge on any atom is -0.346 e. The highest BCUT2D eigenvalue weighted by molar-refractivity contribution is 5.96. The van der Waals surface area contributed by atoms with E-state index in [2.05, 4.69) is 44.2 Å². The third-order valence-corrected chi connectivity index (χ3v) is 5.11. The van der Waals surface area contributed by atoms with Gasteiger partial charge in [-0.1, -0.05) is 19.9 Å². The van der Waals surface area contributed by atoms with Crippen LogP contribution >= 0.6 is 0 Å². The Bertz CT molecular complexity index is 1240. The Morgan fingerprint density at radius 3 is 2.55 bits per heavy atom. The van der Waals surface area contributed by atoms with Gasteiger partial charge in [0.15, 0.2) is 0 Å². The molecule has 4 rings (SSSR count). The van der Waals surface area contributed by atoms with Gasteiger partial charge in [-0.2, -0.15) is 5.10 Å². The first kappa shape index (κ1) is 22.3. The fraction of sp³-hybridized carbons (Fsp3) is 0.280. The average Bonchev–Trinajstić information content (AvgIpc) is 3.26. The summed E-state index contributed by atoms with van der Waals surface area (Å²) >= 11 is 0. The molecule has 0 saturated carbocycles. The zero-order valence-corrected chi connectivity index (χ0v) is 19.3. The molecule has 0 unspecified atom stereocenters. The summed E-state index contributed by atoms with van der Waals surface area (Å²) in [5, 5.41) is 7.36. The van der Waals surface area contributed by atoms with Crippen LogP contribution in [-0.2, 0) is 13.0 Å². The summed E-state index contributed by atoms with van der Waals surface area (Å²) in [7, 11) is 0. The summed E-state index contributed by atoms with van der Waals surface area (Å²) in [4.78, 5) is 30.6. The number of aryl methyl sites for hydroxylation is 2. The lowest BCUT2D eigenvalue weighted by Crippen LogP contribution is -2.23. The van der Waals surface area contributed by atoms with E-state index in [0.717, 1.165) is 40.4 Å². The number of nitrogens with zero attached hydrogens (tertiary/aromatic N) is 6. The molecule has 168 valence electrons. The van der Waals surface area contributed by atoms with Crippen molar-refractivity contribution in [2.45, 2.75) is 40.7 Å². The molecule has 0 saturated heterocycles. The van der Waals surface area contributed by atoms with Gasteiger partial charge in [0.1, 0.15) is 12.2 Å². The molecule has 0 aliphatic carbocycles. The number of rotatable bonds is 7. The second-order valence-corrected chi connectivity index (χ2v) is 8.51. The highest BCUT2D eigenvalue weighted by Gasteiger charge is 2.15. The summed E-state index contributed by atoms with van der Waals surface area (Å²) in [5.74, 6) is 1.06. The molecule has 0 spiro atoms. The maximum atomic E-state index is 13.1. The van der Waals surface area contributed by atoms with Crippen molar-refractivity contribution < 1.29 is 4.79 Å². The van der Waals surface area contributed by atoms with Crippen LogP contribution in [0.5, 0.6) is 0 Å². The quantitative estimate of drug-likeness (QED) is 0.468. The molecular weight excluding hydrogens is 414 g/mol. The van der Waals surface area contributed by atoms with Crippen LogP contribution < -0.4 is 5.32 Å². The molecule has 1 aromatic carbocycles. The van der Waals surface area contributed by atoms with E-state index in [1.54, 1.807) is 23.4 Å². The van der Waals surface area contributed by atoms with Crippen LogP contribution in [-0.4, -0.2) is 35.6 Å². The van der Waals surface area contributed by atoms with Crippen LogP contribution in [0, 0.1) is 19.8 Å². The van der Waals surface area contributed by atoms with Gasteiger partial charge in [0.25, 0.3) is 5.91 Å². The number of hydrogen-bond acceptors (Lipinski definition) is 6. The molecule has 8 nitrogen and oxygen atoms in total. The highest BCUT2D eigenvalue weighted by Crippen LogP contribution is 2.24. The number of carbonyl (C=O) groups excluding carboxylic acids is 1. The van der Waals surface area contributed by atoms with Crippen LogP contribution in [0.4, 0.5) is 0 Å². The van der Waals surface area contributed by atoms with Gasteiger partial charge in [-0.25, -0.2) is 9.67 Å². The maximum Gasteiger partial charge on any atom is 0.251 e. The predicted molar refractivity (Wildman–Crippen MR) is 126 cm³/mol. The fourth-order valence-electron chi connectivity index (χ4n) is 3.42. The fourth-order valence-corrected chi connectivity index (χ4v) is 3.42. The molecule has 0 bridgehead atoms. The highest BCUT2D eigenvalue weighted by atomic mass is 16.1. The minimum atomic E-state index is -0.210. The first-order valence-electron chi connectivity index (χ1n) is 10.9. The monoisotopic (exact) mass is 441 g/mol. The molecule has 0 radical (unpaired) electrons. The Balaban J connectivity index is 1.69. The van der Waals surface area contributed by atoms with Crippen molar-refractivity contribution in [2.24, 2.45) is 5.92 Å². The Morgan fingerprint density at radius 2 is 1.85 bits per heavy atom. The number of aromatic nitrogens is 6. The maximum absolute atomic E-state index is 13.1. The van der Waals surface area contributed by atoms with Gasteiger partial charge in [0.05, 0.1) is 35.5 Å². The Labute approximate surface area is 193 Å². The normalized spacial score (nSPS) is 11.1. The third kappa shape index (κ3) is 5.46. The van der Waals surface area contributed by atoms with E-state index in [4.69, 9.17) is 0 Å². The SMILES string of the molecule is Cc1ccc(-c2cc(C(=O)NCc3cnc(C)cn3)cc(-n3ncnc3CC(C)C)c2)nc1. The molecular formula is C25H27N7O. The molecule has 4 aromatic rings. The summed E-state index contributed by atoms with van der Waals surface area (Å²) in [6.07, 6.45) is 7.49. The summed E-state index contributed by atoms with van der Waals surface area (Å²) in [5.41, 5.74) is 5.49. The number of amides is 1. The van der Waals surface area contributed by atoms with Crippen LogP contribution in [0.3, 0.4) is 0 Å². The Morgan fingerprint density at radius 1 is 1.00 bits per heavy atom. The zero-order chi connectivity index (χ0) is 23.4. The first-order chi connectivity index (χ1) is 15.9. The van der Waals surface area contributed by atoms with Crippen molar-refractivity contribution in [1.29, 1.82) is 0 Å². The topological polar surface area (TPSA) is 98.5 Å². The number of nitrogens with one attached hydrogen (secondary N) is 1. The molecule has 8 heteroatoms. The predicted octanol–water partition coefficient (Wildman–Crippen LogP) is 3.86. The molecule has 3 heterocycles. The molecule has 33 heavy (non-hydrogen) atoms. The number of pyridine rings is 1. The van der Waals surface area contributed by atoms with E-state index in [9.17, 15) is 4.79 Å². The van der Waals surface area contributed by atoms with Crippen LogP contribution in [0.2, 0.25) is 0 Å². The third-order valence-electron chi connectivity index (χ3n) is 5.11. The zero-order valence-electron chi connectivity index (χ0n) is 19.3. The van der Waals surface area contributed by atoms with E-state index >= 15 is 0 Å². The van der Waals surface area contributed by atoms with Crippen molar-refractivity contribution in [3.63, 3.8) is 0 Å². The van der Waals surface area contributed by atoms with Crippen molar-refractivity contribution in [2.75, 3.05) is 0 Å². The summed E-state index contributed by atoms with van der Waals surface area (Å²) < 4.78 is 1.79. The van der Waals surface area contributed by atoms with E-state index in [1.807, 2.05) is 50.4 Å². The van der Waals surface area contributed by atoms with Gasteiger partial charge >= 0.3 is 0 Å². The number of hydrogen-bond donors (Lipinski definition) is 1. The Hall–Kier alpha value is -3.94. The summed E-state index contributed by atoms with van der Waals surface area (Å²) in [6, 6.07) is 9.61. The van der Waals surface area contributed by atoms with Crippen LogP contribution in [0.25, 0.3) is 16.9 Å². The molecule has 3 aromatic heterocycles. The second kappa shape index (κ2) is 9.68.